The zero-order valence-corrected chi connectivity index (χ0v) is 56.0. The number of unbranched alkanes of at least 4 members (excludes halogenated alkanes) is 50. The van der Waals surface area contributed by atoms with Gasteiger partial charge >= 0.3 is 17.9 Å². The van der Waals surface area contributed by atoms with Gasteiger partial charge in [0.05, 0.1) is 0 Å². The Morgan fingerprint density at radius 1 is 0.253 bits per heavy atom. The highest BCUT2D eigenvalue weighted by molar-refractivity contribution is 5.71. The maximum atomic E-state index is 13.0. The molecule has 0 fully saturated rings. The molecule has 0 N–H and O–H groups in total. The number of rotatable bonds is 69. The largest absolute Gasteiger partial charge is 0.462 e. The molecule has 0 heterocycles. The Kier molecular flexibility index (Phi) is 69.6. The molecular weight excluding hydrogens is 1020 g/mol. The standard InChI is InChI=1S/C77H142O6/c1-4-7-10-13-16-19-22-25-27-29-31-33-35-36-37-38-39-40-41-42-44-45-47-49-52-55-58-61-64-67-70-76(79)82-73-74(72-81-75(78)69-66-63-60-57-54-51-24-21-18-15-12-9-6-3)83-77(80)71-68-65-62-59-56-53-50-48-46-43-34-32-30-28-26-23-20-17-14-11-8-5-2/h9,12,18,21,51,54,60,63,74H,4-8,10-11,13-17,19-20,22-50,52-53,55-59,61-62,64-73H2,1-3H3/b12-9-,21-18-,54-51-,63-60-. The lowest BCUT2D eigenvalue weighted by Gasteiger charge is -2.18. The highest BCUT2D eigenvalue weighted by atomic mass is 16.6. The molecule has 486 valence electrons. The first-order valence-electron chi connectivity index (χ1n) is 37.1. The molecule has 0 aliphatic carbocycles. The number of hydrogen-bond donors (Lipinski definition) is 0. The van der Waals surface area contributed by atoms with Gasteiger partial charge in [-0.1, -0.05) is 390 Å². The lowest BCUT2D eigenvalue weighted by Crippen LogP contribution is -2.30. The van der Waals surface area contributed by atoms with E-state index in [-0.39, 0.29) is 37.5 Å². The van der Waals surface area contributed by atoms with Crippen LogP contribution in [0, 0.1) is 0 Å². The monoisotopic (exact) mass is 1160 g/mol. The molecule has 0 saturated heterocycles. The molecule has 0 rings (SSSR count). The van der Waals surface area contributed by atoms with Crippen molar-refractivity contribution in [2.24, 2.45) is 0 Å². The van der Waals surface area contributed by atoms with Crippen LogP contribution < -0.4 is 0 Å². The molecule has 0 bridgehead atoms. The number of esters is 3. The summed E-state index contributed by atoms with van der Waals surface area (Å²) in [5.41, 5.74) is 0. The minimum atomic E-state index is -0.800. The Labute approximate surface area is 518 Å². The van der Waals surface area contributed by atoms with Crippen LogP contribution in [0.25, 0.3) is 0 Å². The fourth-order valence-electron chi connectivity index (χ4n) is 11.3. The van der Waals surface area contributed by atoms with Crippen molar-refractivity contribution in [3.8, 4) is 0 Å². The van der Waals surface area contributed by atoms with Crippen LogP contribution in [-0.4, -0.2) is 37.2 Å². The van der Waals surface area contributed by atoms with E-state index in [2.05, 4.69) is 63.3 Å². The summed E-state index contributed by atoms with van der Waals surface area (Å²) in [6.45, 7) is 6.54. The van der Waals surface area contributed by atoms with Crippen molar-refractivity contribution in [2.45, 2.75) is 412 Å². The Bertz CT molecular complexity index is 1430. The summed E-state index contributed by atoms with van der Waals surface area (Å²) in [6.07, 6.45) is 91.9. The van der Waals surface area contributed by atoms with Crippen LogP contribution in [-0.2, 0) is 28.6 Å². The van der Waals surface area contributed by atoms with E-state index < -0.39 is 6.10 Å². The maximum Gasteiger partial charge on any atom is 0.306 e. The fourth-order valence-corrected chi connectivity index (χ4v) is 11.3. The Morgan fingerprint density at radius 2 is 0.470 bits per heavy atom. The van der Waals surface area contributed by atoms with E-state index >= 15 is 0 Å². The fraction of sp³-hybridized carbons (Fsp3) is 0.857. The maximum absolute atomic E-state index is 13.0. The van der Waals surface area contributed by atoms with Gasteiger partial charge < -0.3 is 14.2 Å². The lowest BCUT2D eigenvalue weighted by atomic mass is 10.0. The van der Waals surface area contributed by atoms with Gasteiger partial charge in [-0.05, 0) is 44.9 Å². The second-order valence-electron chi connectivity index (χ2n) is 25.2. The molecule has 83 heavy (non-hydrogen) atoms. The van der Waals surface area contributed by atoms with E-state index in [0.717, 1.165) is 64.2 Å². The second-order valence-corrected chi connectivity index (χ2v) is 25.2. The predicted octanol–water partition coefficient (Wildman–Crippen LogP) is 25.7. The highest BCUT2D eigenvalue weighted by Crippen LogP contribution is 2.19. The molecule has 0 aromatic rings. The van der Waals surface area contributed by atoms with Gasteiger partial charge in [0, 0.05) is 19.3 Å². The van der Waals surface area contributed by atoms with Gasteiger partial charge in [-0.15, -0.1) is 0 Å². The first-order chi connectivity index (χ1) is 41.0. The zero-order chi connectivity index (χ0) is 59.9. The molecule has 0 aliphatic heterocycles. The molecule has 6 heteroatoms. The second kappa shape index (κ2) is 71.8. The molecule has 0 radical (unpaired) electrons. The van der Waals surface area contributed by atoms with E-state index in [1.165, 1.54) is 295 Å². The van der Waals surface area contributed by atoms with Crippen LogP contribution in [0.1, 0.15) is 406 Å². The van der Waals surface area contributed by atoms with Crippen LogP contribution in [0.5, 0.6) is 0 Å². The first-order valence-corrected chi connectivity index (χ1v) is 37.1. The number of allylic oxidation sites excluding steroid dienone is 8. The van der Waals surface area contributed by atoms with Crippen LogP contribution in [0.2, 0.25) is 0 Å². The van der Waals surface area contributed by atoms with Gasteiger partial charge in [0.2, 0.25) is 0 Å². The molecule has 0 amide bonds. The van der Waals surface area contributed by atoms with Gasteiger partial charge in [0.15, 0.2) is 6.10 Å². The van der Waals surface area contributed by atoms with E-state index in [0.29, 0.717) is 19.3 Å². The number of hydrogen-bond acceptors (Lipinski definition) is 6. The average Bonchev–Trinajstić information content (AvgIpc) is 3.49. The van der Waals surface area contributed by atoms with Crippen molar-refractivity contribution in [3.05, 3.63) is 48.6 Å². The van der Waals surface area contributed by atoms with Crippen molar-refractivity contribution < 1.29 is 28.6 Å². The summed E-state index contributed by atoms with van der Waals surface area (Å²) < 4.78 is 16.9. The average molecular weight is 1160 g/mol. The van der Waals surface area contributed by atoms with Crippen molar-refractivity contribution in [3.63, 3.8) is 0 Å². The molecule has 0 saturated carbocycles. The number of carbonyl (C=O) groups is 3. The molecule has 1 unspecified atom stereocenters. The van der Waals surface area contributed by atoms with Crippen LogP contribution in [0.4, 0.5) is 0 Å². The summed E-state index contributed by atoms with van der Waals surface area (Å²) in [5, 5.41) is 0. The lowest BCUT2D eigenvalue weighted by molar-refractivity contribution is -0.166. The molecule has 6 nitrogen and oxygen atoms in total. The first kappa shape index (κ1) is 80.4. The van der Waals surface area contributed by atoms with Crippen molar-refractivity contribution in [1.82, 2.24) is 0 Å². The van der Waals surface area contributed by atoms with Crippen molar-refractivity contribution in [2.75, 3.05) is 13.2 Å². The van der Waals surface area contributed by atoms with Gasteiger partial charge in [-0.25, -0.2) is 0 Å². The molecule has 0 aromatic heterocycles. The van der Waals surface area contributed by atoms with Gasteiger partial charge in [-0.2, -0.15) is 0 Å². The molecule has 0 spiro atoms. The molecule has 0 aliphatic rings. The molecular formula is C77H142O6. The van der Waals surface area contributed by atoms with Crippen molar-refractivity contribution >= 4 is 17.9 Å². The van der Waals surface area contributed by atoms with E-state index in [9.17, 15) is 14.4 Å². The van der Waals surface area contributed by atoms with E-state index in [4.69, 9.17) is 14.2 Å². The van der Waals surface area contributed by atoms with E-state index in [1.54, 1.807) is 0 Å². The van der Waals surface area contributed by atoms with Gasteiger partial charge in [0.1, 0.15) is 13.2 Å². The smallest absolute Gasteiger partial charge is 0.306 e. The Hall–Kier alpha value is -2.63. The molecule has 0 aromatic carbocycles. The summed E-state index contributed by atoms with van der Waals surface area (Å²) in [5.74, 6) is -0.946. The quantitative estimate of drug-likeness (QED) is 0.0261. The minimum absolute atomic E-state index is 0.0896. The predicted molar refractivity (Wildman–Crippen MR) is 362 cm³/mol. The normalized spacial score (nSPS) is 12.3. The third kappa shape index (κ3) is 70.0. The summed E-state index contributed by atoms with van der Waals surface area (Å²) >= 11 is 0. The van der Waals surface area contributed by atoms with Crippen LogP contribution in [0.3, 0.4) is 0 Å². The molecule has 1 atom stereocenters. The van der Waals surface area contributed by atoms with E-state index in [1.807, 2.05) is 6.08 Å². The summed E-state index contributed by atoms with van der Waals surface area (Å²) in [7, 11) is 0. The summed E-state index contributed by atoms with van der Waals surface area (Å²) in [4.78, 5) is 38.4. The number of ether oxygens (including phenoxy) is 3. The topological polar surface area (TPSA) is 78.9 Å². The summed E-state index contributed by atoms with van der Waals surface area (Å²) in [6, 6.07) is 0. The minimum Gasteiger partial charge on any atom is -0.462 e. The third-order valence-corrected chi connectivity index (χ3v) is 16.9. The highest BCUT2D eigenvalue weighted by Gasteiger charge is 2.19. The SMILES string of the molecule is CC/C=C\C/C=C\C/C=C\C/C=C\CCC(=O)OCC(COC(=O)CCCCCCCCCCCCCCCCCCCCCCCCCCCCCCCC)OC(=O)CCCCCCCCCCCCCCCCCCCCCCCC. The van der Waals surface area contributed by atoms with Crippen LogP contribution >= 0.6 is 0 Å². The third-order valence-electron chi connectivity index (χ3n) is 16.9. The van der Waals surface area contributed by atoms with Gasteiger partial charge in [-0.3, -0.25) is 14.4 Å². The Morgan fingerprint density at radius 3 is 0.735 bits per heavy atom. The van der Waals surface area contributed by atoms with Gasteiger partial charge in [0.25, 0.3) is 0 Å². The zero-order valence-electron chi connectivity index (χ0n) is 56.0. The number of carbonyl (C=O) groups excluding carboxylic acids is 3. The van der Waals surface area contributed by atoms with Crippen LogP contribution in [0.15, 0.2) is 48.6 Å². The van der Waals surface area contributed by atoms with Crippen molar-refractivity contribution in [1.29, 1.82) is 0 Å². The Balaban J connectivity index is 4.18.